The lowest BCUT2D eigenvalue weighted by molar-refractivity contribution is -0.120. The molecule has 1 aromatic carbocycles. The first-order chi connectivity index (χ1) is 13.1. The minimum Gasteiger partial charge on any atom is -0.351 e. The topological polar surface area (TPSA) is 71.1 Å². The van der Waals surface area contributed by atoms with Crippen LogP contribution in [0.1, 0.15) is 16.1 Å². The number of hydrogen-bond acceptors (Lipinski definition) is 6. The van der Waals surface area contributed by atoms with Gasteiger partial charge in [-0.25, -0.2) is 4.98 Å². The maximum atomic E-state index is 12.0. The number of carbonyl (C=O) groups is 2. The van der Waals surface area contributed by atoms with E-state index in [4.69, 9.17) is 0 Å². The molecule has 0 fully saturated rings. The molecule has 2 N–H and O–H groups in total. The molecule has 0 aliphatic rings. The number of anilines is 1. The van der Waals surface area contributed by atoms with Crippen LogP contribution in [0.15, 0.2) is 51.5 Å². The summed E-state index contributed by atoms with van der Waals surface area (Å²) in [5.74, 6) is 0.155. The van der Waals surface area contributed by atoms with Crippen LogP contribution in [0, 0.1) is 6.92 Å². The van der Waals surface area contributed by atoms with Gasteiger partial charge in [0.15, 0.2) is 4.34 Å². The Kier molecular flexibility index (Phi) is 7.03. The van der Waals surface area contributed by atoms with Crippen molar-refractivity contribution in [1.29, 1.82) is 0 Å². The van der Waals surface area contributed by atoms with Gasteiger partial charge in [-0.2, -0.15) is 0 Å². The van der Waals surface area contributed by atoms with Crippen LogP contribution in [0.4, 0.5) is 5.69 Å². The lowest BCUT2D eigenvalue weighted by atomic mass is 10.2. The predicted molar refractivity (Wildman–Crippen MR) is 113 cm³/mol. The highest BCUT2D eigenvalue weighted by Crippen LogP contribution is 2.23. The third-order valence-corrected chi connectivity index (χ3v) is 6.52. The first-order valence-corrected chi connectivity index (χ1v) is 11.1. The van der Waals surface area contributed by atoms with E-state index in [1.807, 2.05) is 54.1 Å². The molecular formula is C19H19N3O2S3. The van der Waals surface area contributed by atoms with E-state index >= 15 is 0 Å². The molecule has 0 spiro atoms. The number of carbonyl (C=O) groups excluding carboxylic acids is 2. The second-order valence-corrected chi connectivity index (χ2v) is 8.95. The maximum Gasteiger partial charge on any atom is 0.234 e. The molecule has 27 heavy (non-hydrogen) atoms. The summed E-state index contributed by atoms with van der Waals surface area (Å²) in [5.41, 5.74) is 2.66. The van der Waals surface area contributed by atoms with Crippen LogP contribution >= 0.6 is 34.4 Å². The molecule has 3 aromatic rings. The number of amides is 2. The highest BCUT2D eigenvalue weighted by molar-refractivity contribution is 8.01. The minimum atomic E-state index is -0.0747. The number of aryl methyl sites for hydroxylation is 1. The Morgan fingerprint density at radius 2 is 1.93 bits per heavy atom. The van der Waals surface area contributed by atoms with Gasteiger partial charge in [0.25, 0.3) is 0 Å². The van der Waals surface area contributed by atoms with Crippen molar-refractivity contribution in [3.8, 4) is 0 Å². The van der Waals surface area contributed by atoms with Gasteiger partial charge in [0.1, 0.15) is 0 Å². The van der Waals surface area contributed by atoms with E-state index in [9.17, 15) is 9.59 Å². The zero-order valence-corrected chi connectivity index (χ0v) is 17.2. The predicted octanol–water partition coefficient (Wildman–Crippen LogP) is 4.10. The van der Waals surface area contributed by atoms with Crippen LogP contribution < -0.4 is 10.6 Å². The number of thiophene rings is 1. The number of thioether (sulfide) groups is 1. The molecule has 0 radical (unpaired) electrons. The average Bonchev–Trinajstić information content (AvgIpc) is 3.32. The Hall–Kier alpha value is -2.16. The van der Waals surface area contributed by atoms with E-state index in [1.165, 1.54) is 23.1 Å². The van der Waals surface area contributed by atoms with Gasteiger partial charge in [-0.1, -0.05) is 35.5 Å². The third-order valence-electron chi connectivity index (χ3n) is 3.57. The van der Waals surface area contributed by atoms with Gasteiger partial charge >= 0.3 is 0 Å². The highest BCUT2D eigenvalue weighted by Gasteiger charge is 2.10. The summed E-state index contributed by atoms with van der Waals surface area (Å²) < 4.78 is 0.787. The fourth-order valence-electron chi connectivity index (χ4n) is 2.22. The zero-order chi connectivity index (χ0) is 19.1. The quantitative estimate of drug-likeness (QED) is 0.541. The van der Waals surface area contributed by atoms with E-state index in [-0.39, 0.29) is 24.0 Å². The number of thiazole rings is 1. The van der Waals surface area contributed by atoms with Gasteiger partial charge in [-0.3, -0.25) is 9.59 Å². The molecule has 0 unspecified atom stereocenters. The summed E-state index contributed by atoms with van der Waals surface area (Å²) >= 11 is 4.44. The molecule has 2 heterocycles. The number of rotatable bonds is 8. The minimum absolute atomic E-state index is 0.0534. The van der Waals surface area contributed by atoms with E-state index < -0.39 is 0 Å². The number of nitrogens with zero attached hydrogens (tertiary/aromatic N) is 1. The number of hydrogen-bond donors (Lipinski definition) is 2. The lowest BCUT2D eigenvalue weighted by Crippen LogP contribution is -2.24. The SMILES string of the molecule is Cc1ccc(NC(=O)CSc2nc(CC(=O)NCc3cccs3)cs2)cc1. The smallest absolute Gasteiger partial charge is 0.234 e. The van der Waals surface area contributed by atoms with Gasteiger partial charge in [0.05, 0.1) is 24.4 Å². The van der Waals surface area contributed by atoms with Crippen LogP contribution in [-0.4, -0.2) is 22.6 Å². The van der Waals surface area contributed by atoms with Crippen molar-refractivity contribution in [2.75, 3.05) is 11.1 Å². The van der Waals surface area contributed by atoms with Crippen molar-refractivity contribution >= 4 is 51.9 Å². The summed E-state index contributed by atoms with van der Waals surface area (Å²) in [6.45, 7) is 2.55. The zero-order valence-electron chi connectivity index (χ0n) is 14.7. The van der Waals surface area contributed by atoms with E-state index in [1.54, 1.807) is 11.3 Å². The molecular weight excluding hydrogens is 398 g/mol. The van der Waals surface area contributed by atoms with Crippen LogP contribution in [-0.2, 0) is 22.6 Å². The summed E-state index contributed by atoms with van der Waals surface area (Å²) in [6.07, 6.45) is 0.248. The molecule has 0 aliphatic heterocycles. The standard InChI is InChI=1S/C19H19N3O2S3/c1-13-4-6-14(7-5-13)21-18(24)12-27-19-22-15(11-26-19)9-17(23)20-10-16-3-2-8-25-16/h2-8,11H,9-10,12H2,1H3,(H,20,23)(H,21,24). The Bertz CT molecular complexity index is 889. The number of aromatic nitrogens is 1. The molecule has 0 bridgehead atoms. The van der Waals surface area contributed by atoms with Crippen LogP contribution in [0.2, 0.25) is 0 Å². The van der Waals surface area contributed by atoms with Gasteiger partial charge < -0.3 is 10.6 Å². The van der Waals surface area contributed by atoms with Gasteiger partial charge in [0, 0.05) is 15.9 Å². The normalized spacial score (nSPS) is 10.6. The fourth-order valence-corrected chi connectivity index (χ4v) is 4.51. The second kappa shape index (κ2) is 9.68. The Morgan fingerprint density at radius 1 is 1.11 bits per heavy atom. The Balaban J connectivity index is 1.41. The average molecular weight is 418 g/mol. The number of nitrogens with one attached hydrogen (secondary N) is 2. The number of benzene rings is 1. The molecule has 0 atom stereocenters. The van der Waals surface area contributed by atoms with Crippen molar-refractivity contribution in [2.45, 2.75) is 24.2 Å². The Labute approximate surface area is 170 Å². The lowest BCUT2D eigenvalue weighted by Gasteiger charge is -2.04. The first kappa shape index (κ1) is 19.6. The summed E-state index contributed by atoms with van der Waals surface area (Å²) in [5, 5.41) is 9.60. The molecule has 0 saturated carbocycles. The largest absolute Gasteiger partial charge is 0.351 e. The molecule has 2 amide bonds. The van der Waals surface area contributed by atoms with Crippen molar-refractivity contribution in [3.05, 3.63) is 63.3 Å². The van der Waals surface area contributed by atoms with Crippen molar-refractivity contribution < 1.29 is 9.59 Å². The molecule has 140 valence electrons. The van der Waals surface area contributed by atoms with E-state index in [2.05, 4.69) is 15.6 Å². The van der Waals surface area contributed by atoms with Crippen LogP contribution in [0.25, 0.3) is 0 Å². The summed E-state index contributed by atoms with van der Waals surface area (Å²) in [7, 11) is 0. The molecule has 8 heteroatoms. The first-order valence-electron chi connectivity index (χ1n) is 8.31. The van der Waals surface area contributed by atoms with Crippen molar-refractivity contribution in [2.24, 2.45) is 0 Å². The molecule has 2 aromatic heterocycles. The molecule has 0 saturated heterocycles. The molecule has 5 nitrogen and oxygen atoms in total. The van der Waals surface area contributed by atoms with Crippen LogP contribution in [0.3, 0.4) is 0 Å². The molecule has 0 aliphatic carbocycles. The van der Waals surface area contributed by atoms with Gasteiger partial charge in [-0.05, 0) is 30.5 Å². The van der Waals surface area contributed by atoms with Crippen molar-refractivity contribution in [1.82, 2.24) is 10.3 Å². The van der Waals surface area contributed by atoms with Gasteiger partial charge in [0.2, 0.25) is 11.8 Å². The van der Waals surface area contributed by atoms with Crippen molar-refractivity contribution in [3.63, 3.8) is 0 Å². The third kappa shape index (κ3) is 6.50. The summed E-state index contributed by atoms with van der Waals surface area (Å²) in [6, 6.07) is 11.6. The maximum absolute atomic E-state index is 12.0. The monoisotopic (exact) mass is 417 g/mol. The van der Waals surface area contributed by atoms with E-state index in [0.29, 0.717) is 6.54 Å². The van der Waals surface area contributed by atoms with Gasteiger partial charge in [-0.15, -0.1) is 22.7 Å². The second-order valence-electron chi connectivity index (χ2n) is 5.84. The molecule has 3 rings (SSSR count). The van der Waals surface area contributed by atoms with Crippen LogP contribution in [0.5, 0.6) is 0 Å². The highest BCUT2D eigenvalue weighted by atomic mass is 32.2. The summed E-state index contributed by atoms with van der Waals surface area (Å²) in [4.78, 5) is 29.6. The fraction of sp³-hybridized carbons (Fsp3) is 0.211. The van der Waals surface area contributed by atoms with E-state index in [0.717, 1.165) is 26.2 Å². The Morgan fingerprint density at radius 3 is 2.67 bits per heavy atom.